The number of amides is 1. The van der Waals surface area contributed by atoms with Crippen molar-refractivity contribution >= 4 is 67.4 Å². The molecule has 0 bridgehead atoms. The summed E-state index contributed by atoms with van der Waals surface area (Å²) in [4.78, 5) is 16.6. The highest BCUT2D eigenvalue weighted by atomic mass is 35.5. The highest BCUT2D eigenvalue weighted by Gasteiger charge is 2.15. The van der Waals surface area contributed by atoms with Crippen molar-refractivity contribution in [1.29, 1.82) is 0 Å². The third kappa shape index (κ3) is 2.92. The number of carbonyl (C=O) groups is 1. The number of rotatable bonds is 2. The summed E-state index contributed by atoms with van der Waals surface area (Å²) in [6.45, 7) is 1.91. The summed E-state index contributed by atoms with van der Waals surface area (Å²) in [7, 11) is 0. The number of thiazole rings is 1. The number of aryl methyl sites for hydroxylation is 1. The van der Waals surface area contributed by atoms with Gasteiger partial charge in [-0.15, -0.1) is 0 Å². The maximum Gasteiger partial charge on any atom is 0.258 e. The molecule has 3 aromatic rings. The zero-order chi connectivity index (χ0) is 15.9. The minimum absolute atomic E-state index is 0.314. The van der Waals surface area contributed by atoms with E-state index in [0.717, 1.165) is 10.3 Å². The zero-order valence-corrected chi connectivity index (χ0v) is 14.4. The summed E-state index contributed by atoms with van der Waals surface area (Å²) in [6.07, 6.45) is 0. The average molecular weight is 372 g/mol. The van der Waals surface area contributed by atoms with Crippen LogP contribution in [0.5, 0.6) is 0 Å². The first-order valence-corrected chi connectivity index (χ1v) is 8.23. The minimum atomic E-state index is -0.314. The zero-order valence-electron chi connectivity index (χ0n) is 11.3. The summed E-state index contributed by atoms with van der Waals surface area (Å²) in [6, 6.07) is 8.77. The Kier molecular flexibility index (Phi) is 4.28. The van der Waals surface area contributed by atoms with Crippen LogP contribution in [0.1, 0.15) is 15.9 Å². The summed E-state index contributed by atoms with van der Waals surface area (Å²) >= 11 is 19.5. The van der Waals surface area contributed by atoms with Crippen LogP contribution in [0.3, 0.4) is 0 Å². The van der Waals surface area contributed by atoms with Gasteiger partial charge in [0.2, 0.25) is 0 Å². The Hall–Kier alpha value is -1.33. The van der Waals surface area contributed by atoms with E-state index in [2.05, 4.69) is 10.3 Å². The smallest absolute Gasteiger partial charge is 0.258 e. The summed E-state index contributed by atoms with van der Waals surface area (Å²) in [5.74, 6) is -0.314. The van der Waals surface area contributed by atoms with Gasteiger partial charge in [-0.3, -0.25) is 10.1 Å². The fraction of sp³-hybridized carbons (Fsp3) is 0.0667. The first-order chi connectivity index (χ1) is 10.5. The molecule has 7 heteroatoms. The van der Waals surface area contributed by atoms with Gasteiger partial charge >= 0.3 is 0 Å². The molecule has 3 rings (SSSR count). The second-order valence-corrected chi connectivity index (χ2v) is 6.89. The van der Waals surface area contributed by atoms with Gasteiger partial charge in [-0.1, -0.05) is 52.2 Å². The minimum Gasteiger partial charge on any atom is -0.298 e. The molecule has 0 spiro atoms. The Labute approximate surface area is 145 Å². The van der Waals surface area contributed by atoms with Crippen molar-refractivity contribution in [2.45, 2.75) is 6.92 Å². The molecule has 112 valence electrons. The molecule has 0 aliphatic heterocycles. The van der Waals surface area contributed by atoms with E-state index in [-0.39, 0.29) is 5.91 Å². The number of nitrogens with zero attached hydrogens (tertiary/aromatic N) is 1. The van der Waals surface area contributed by atoms with Crippen LogP contribution in [0.2, 0.25) is 15.1 Å². The topological polar surface area (TPSA) is 42.0 Å². The number of hydrogen-bond donors (Lipinski definition) is 1. The van der Waals surface area contributed by atoms with Crippen molar-refractivity contribution in [1.82, 2.24) is 4.98 Å². The molecule has 0 fully saturated rings. The fourth-order valence-corrected chi connectivity index (χ4v) is 3.57. The molecule has 0 radical (unpaired) electrons. The molecule has 0 unspecified atom stereocenters. The van der Waals surface area contributed by atoms with Crippen LogP contribution >= 0.6 is 46.1 Å². The van der Waals surface area contributed by atoms with Gasteiger partial charge in [0.05, 0.1) is 25.3 Å². The molecular weight excluding hydrogens is 363 g/mol. The maximum atomic E-state index is 12.3. The van der Waals surface area contributed by atoms with E-state index in [1.165, 1.54) is 11.3 Å². The Morgan fingerprint density at radius 1 is 1.14 bits per heavy atom. The number of anilines is 1. The third-order valence-electron chi connectivity index (χ3n) is 3.04. The monoisotopic (exact) mass is 370 g/mol. The number of nitrogens with one attached hydrogen (secondary N) is 1. The lowest BCUT2D eigenvalue weighted by Crippen LogP contribution is -2.12. The van der Waals surface area contributed by atoms with Gasteiger partial charge in [-0.2, -0.15) is 0 Å². The van der Waals surface area contributed by atoms with Gasteiger partial charge in [0.1, 0.15) is 5.52 Å². The SMILES string of the molecule is Cc1ccc(C(=O)Nc2nc3c(Cl)c(Cl)ccc3s2)c(Cl)c1. The number of halogens is 3. The van der Waals surface area contributed by atoms with Crippen LogP contribution in [-0.2, 0) is 0 Å². The fourth-order valence-electron chi connectivity index (χ4n) is 1.96. The van der Waals surface area contributed by atoms with Gasteiger partial charge in [0.15, 0.2) is 5.13 Å². The average Bonchev–Trinajstić information content (AvgIpc) is 2.86. The van der Waals surface area contributed by atoms with Crippen LogP contribution in [0.15, 0.2) is 30.3 Å². The lowest BCUT2D eigenvalue weighted by Gasteiger charge is -2.04. The summed E-state index contributed by atoms with van der Waals surface area (Å²) < 4.78 is 0.847. The standard InChI is InChI=1S/C15H9Cl3N2OS/c1-7-2-3-8(10(17)6-7)14(21)20-15-19-13-11(22-15)5-4-9(16)12(13)18/h2-6H,1H3,(H,19,20,21). The van der Waals surface area contributed by atoms with Gasteiger partial charge in [-0.05, 0) is 36.8 Å². The van der Waals surface area contributed by atoms with Crippen molar-refractivity contribution in [3.8, 4) is 0 Å². The molecule has 1 amide bonds. The highest BCUT2D eigenvalue weighted by Crippen LogP contribution is 2.35. The molecule has 1 N–H and O–H groups in total. The third-order valence-corrected chi connectivity index (χ3v) is 5.08. The molecule has 0 aliphatic carbocycles. The summed E-state index contributed by atoms with van der Waals surface area (Å²) in [5, 5.41) is 4.39. The number of aromatic nitrogens is 1. The molecule has 22 heavy (non-hydrogen) atoms. The van der Waals surface area contributed by atoms with E-state index in [1.807, 2.05) is 19.1 Å². The van der Waals surface area contributed by atoms with Crippen LogP contribution in [0.4, 0.5) is 5.13 Å². The van der Waals surface area contributed by atoms with E-state index in [9.17, 15) is 4.79 Å². The van der Waals surface area contributed by atoms with Crippen molar-refractivity contribution < 1.29 is 4.79 Å². The van der Waals surface area contributed by atoms with Crippen molar-refractivity contribution in [3.63, 3.8) is 0 Å². The largest absolute Gasteiger partial charge is 0.298 e. The van der Waals surface area contributed by atoms with Crippen LogP contribution in [0, 0.1) is 6.92 Å². The molecule has 0 saturated heterocycles. The van der Waals surface area contributed by atoms with Crippen molar-refractivity contribution in [2.75, 3.05) is 5.32 Å². The quantitative estimate of drug-likeness (QED) is 0.617. The Bertz CT molecular complexity index is 892. The first-order valence-electron chi connectivity index (χ1n) is 6.28. The highest BCUT2D eigenvalue weighted by molar-refractivity contribution is 7.22. The van der Waals surface area contributed by atoms with Gasteiger partial charge in [0.25, 0.3) is 5.91 Å². The van der Waals surface area contributed by atoms with Gasteiger partial charge < -0.3 is 0 Å². The molecule has 1 heterocycles. The maximum absolute atomic E-state index is 12.3. The predicted molar refractivity (Wildman–Crippen MR) is 93.8 cm³/mol. The van der Waals surface area contributed by atoms with E-state index in [1.54, 1.807) is 18.2 Å². The number of carbonyl (C=O) groups excluding carboxylic acids is 1. The first kappa shape index (κ1) is 15.6. The van der Waals surface area contributed by atoms with Gasteiger partial charge in [0, 0.05) is 0 Å². The summed E-state index contributed by atoms with van der Waals surface area (Å²) in [5.41, 5.74) is 1.96. The van der Waals surface area contributed by atoms with Crippen LogP contribution in [0.25, 0.3) is 10.2 Å². The molecule has 3 nitrogen and oxygen atoms in total. The van der Waals surface area contributed by atoms with Crippen molar-refractivity contribution in [3.05, 3.63) is 56.5 Å². The number of fused-ring (bicyclic) bond motifs is 1. The molecular formula is C15H9Cl3N2OS. The Morgan fingerprint density at radius 3 is 2.64 bits per heavy atom. The van der Waals surface area contributed by atoms with Gasteiger partial charge in [-0.25, -0.2) is 4.98 Å². The molecule has 0 aliphatic rings. The lowest BCUT2D eigenvalue weighted by molar-refractivity contribution is 0.102. The molecule has 2 aromatic carbocycles. The Morgan fingerprint density at radius 2 is 1.91 bits per heavy atom. The molecule has 0 saturated carbocycles. The second-order valence-electron chi connectivity index (χ2n) is 4.66. The number of benzene rings is 2. The lowest BCUT2D eigenvalue weighted by atomic mass is 10.1. The van der Waals surface area contributed by atoms with E-state index < -0.39 is 0 Å². The Balaban J connectivity index is 1.92. The van der Waals surface area contributed by atoms with Crippen molar-refractivity contribution in [2.24, 2.45) is 0 Å². The van der Waals surface area contributed by atoms with E-state index >= 15 is 0 Å². The molecule has 1 aromatic heterocycles. The second kappa shape index (κ2) is 6.05. The van der Waals surface area contributed by atoms with E-state index in [0.29, 0.717) is 31.3 Å². The van der Waals surface area contributed by atoms with Crippen LogP contribution in [-0.4, -0.2) is 10.9 Å². The normalized spacial score (nSPS) is 10.9. The predicted octanol–water partition coefficient (Wildman–Crippen LogP) is 5.82. The van der Waals surface area contributed by atoms with E-state index in [4.69, 9.17) is 34.8 Å². The number of hydrogen-bond acceptors (Lipinski definition) is 3. The van der Waals surface area contributed by atoms with Crippen LogP contribution < -0.4 is 5.32 Å². The molecule has 0 atom stereocenters.